The normalized spacial score (nSPS) is 11.6. The molecular weight excluding hydrogens is 258 g/mol. The highest BCUT2D eigenvalue weighted by Crippen LogP contribution is 2.39. The lowest BCUT2D eigenvalue weighted by Crippen LogP contribution is -2.06. The standard InChI is InChI=1S/C11H26O4P2/c12-2-8-16(9-3-13)6-1-7-17(10-4-14)11-5-15/h12-15H,1-11H2. The fraction of sp³-hybridized carbons (Fsp3) is 1.00. The van der Waals surface area contributed by atoms with Crippen LogP contribution in [-0.2, 0) is 0 Å². The smallest absolute Gasteiger partial charge is 0.0470 e. The second-order valence-corrected chi connectivity index (χ2v) is 9.30. The topological polar surface area (TPSA) is 80.9 Å². The van der Waals surface area contributed by atoms with Gasteiger partial charge < -0.3 is 20.4 Å². The zero-order valence-corrected chi connectivity index (χ0v) is 12.3. The summed E-state index contributed by atoms with van der Waals surface area (Å²) >= 11 is 0. The molecule has 0 aromatic heterocycles. The lowest BCUT2D eigenvalue weighted by Gasteiger charge is -2.19. The summed E-state index contributed by atoms with van der Waals surface area (Å²) in [5.74, 6) is 0. The average molecular weight is 284 g/mol. The highest BCUT2D eigenvalue weighted by atomic mass is 31.1. The van der Waals surface area contributed by atoms with Gasteiger partial charge in [-0.2, -0.15) is 0 Å². The summed E-state index contributed by atoms with van der Waals surface area (Å²) in [4.78, 5) is 0. The molecule has 4 N–H and O–H groups in total. The summed E-state index contributed by atoms with van der Waals surface area (Å²) in [5, 5.41) is 35.7. The average Bonchev–Trinajstić information content (AvgIpc) is 2.30. The number of hydrogen-bond acceptors (Lipinski definition) is 4. The summed E-state index contributed by atoms with van der Waals surface area (Å²) in [6, 6.07) is 0. The van der Waals surface area contributed by atoms with Crippen LogP contribution in [0.25, 0.3) is 0 Å². The second kappa shape index (κ2) is 13.1. The highest BCUT2D eigenvalue weighted by Gasteiger charge is 2.10. The molecule has 0 aliphatic carbocycles. The van der Waals surface area contributed by atoms with E-state index in [1.807, 2.05) is 0 Å². The van der Waals surface area contributed by atoms with Gasteiger partial charge in [0.2, 0.25) is 0 Å². The van der Waals surface area contributed by atoms with E-state index in [0.717, 1.165) is 43.4 Å². The molecule has 4 nitrogen and oxygen atoms in total. The van der Waals surface area contributed by atoms with Gasteiger partial charge in [0.05, 0.1) is 0 Å². The zero-order chi connectivity index (χ0) is 12.9. The molecule has 0 bridgehead atoms. The Morgan fingerprint density at radius 2 is 0.765 bits per heavy atom. The van der Waals surface area contributed by atoms with Gasteiger partial charge in [-0.15, -0.1) is 15.8 Å². The molecule has 0 spiro atoms. The van der Waals surface area contributed by atoms with Crippen LogP contribution in [0.4, 0.5) is 0 Å². The molecule has 0 aromatic carbocycles. The van der Waals surface area contributed by atoms with Crippen molar-refractivity contribution in [2.45, 2.75) is 6.42 Å². The van der Waals surface area contributed by atoms with Crippen LogP contribution in [0.3, 0.4) is 0 Å². The minimum absolute atomic E-state index is 0.216. The van der Waals surface area contributed by atoms with E-state index >= 15 is 0 Å². The second-order valence-electron chi connectivity index (χ2n) is 3.93. The molecule has 0 heterocycles. The maximum absolute atomic E-state index is 8.91. The van der Waals surface area contributed by atoms with Gasteiger partial charge in [0, 0.05) is 26.4 Å². The van der Waals surface area contributed by atoms with E-state index in [1.165, 1.54) is 0 Å². The third-order valence-corrected chi connectivity index (χ3v) is 7.84. The predicted octanol–water partition coefficient (Wildman–Crippen LogP) is 0.309. The van der Waals surface area contributed by atoms with Crippen LogP contribution in [0.2, 0.25) is 0 Å². The van der Waals surface area contributed by atoms with Crippen molar-refractivity contribution in [3.8, 4) is 0 Å². The number of aliphatic hydroxyl groups is 4. The van der Waals surface area contributed by atoms with Crippen LogP contribution in [0.15, 0.2) is 0 Å². The third-order valence-electron chi connectivity index (χ3n) is 2.61. The zero-order valence-electron chi connectivity index (χ0n) is 10.5. The first-order valence-electron chi connectivity index (χ1n) is 6.16. The first-order valence-corrected chi connectivity index (χ1v) is 9.96. The molecule has 0 aromatic rings. The number of rotatable bonds is 12. The Morgan fingerprint density at radius 3 is 1.00 bits per heavy atom. The van der Waals surface area contributed by atoms with Crippen LogP contribution in [0.1, 0.15) is 6.42 Å². The van der Waals surface area contributed by atoms with Gasteiger partial charge in [0.25, 0.3) is 0 Å². The molecule has 0 rings (SSSR count). The van der Waals surface area contributed by atoms with Crippen molar-refractivity contribution in [3.63, 3.8) is 0 Å². The molecule has 0 unspecified atom stereocenters. The van der Waals surface area contributed by atoms with Crippen molar-refractivity contribution in [2.24, 2.45) is 0 Å². The first kappa shape index (κ1) is 17.7. The van der Waals surface area contributed by atoms with Crippen molar-refractivity contribution in [1.82, 2.24) is 0 Å². The van der Waals surface area contributed by atoms with Crippen LogP contribution >= 0.6 is 15.8 Å². The maximum atomic E-state index is 8.91. The molecule has 0 aliphatic heterocycles. The number of hydrogen-bond donors (Lipinski definition) is 4. The van der Waals surface area contributed by atoms with Gasteiger partial charge in [-0.1, -0.05) is 0 Å². The summed E-state index contributed by atoms with van der Waals surface area (Å²) in [6.45, 7) is 0.864. The Kier molecular flexibility index (Phi) is 13.7. The van der Waals surface area contributed by atoms with Crippen LogP contribution in [0.5, 0.6) is 0 Å². The van der Waals surface area contributed by atoms with E-state index in [-0.39, 0.29) is 42.3 Å². The molecule has 6 heteroatoms. The Hall–Kier alpha value is 0.700. The van der Waals surface area contributed by atoms with Gasteiger partial charge in [-0.05, 0) is 43.4 Å². The van der Waals surface area contributed by atoms with Gasteiger partial charge >= 0.3 is 0 Å². The molecule has 17 heavy (non-hydrogen) atoms. The summed E-state index contributed by atoms with van der Waals surface area (Å²) < 4.78 is 0. The monoisotopic (exact) mass is 284 g/mol. The van der Waals surface area contributed by atoms with Crippen molar-refractivity contribution >= 4 is 15.8 Å². The molecular formula is C11H26O4P2. The minimum atomic E-state index is -0.225. The van der Waals surface area contributed by atoms with Crippen LogP contribution < -0.4 is 0 Å². The van der Waals surface area contributed by atoms with E-state index in [4.69, 9.17) is 20.4 Å². The lowest BCUT2D eigenvalue weighted by molar-refractivity contribution is 0.315. The fourth-order valence-electron chi connectivity index (χ4n) is 1.75. The summed E-state index contributed by atoms with van der Waals surface area (Å²) in [6.07, 6.45) is 6.58. The molecule has 0 saturated carbocycles. The Labute approximate surface area is 107 Å². The fourth-order valence-corrected chi connectivity index (χ4v) is 5.69. The minimum Gasteiger partial charge on any atom is -0.396 e. The molecule has 104 valence electrons. The summed E-state index contributed by atoms with van der Waals surface area (Å²) in [5.41, 5.74) is 0. The van der Waals surface area contributed by atoms with Gasteiger partial charge in [0.1, 0.15) is 0 Å². The molecule has 0 saturated heterocycles. The van der Waals surface area contributed by atoms with Gasteiger partial charge in [-0.25, -0.2) is 0 Å². The van der Waals surface area contributed by atoms with E-state index in [0.29, 0.717) is 0 Å². The first-order chi connectivity index (χ1) is 8.28. The maximum Gasteiger partial charge on any atom is 0.0470 e. The van der Waals surface area contributed by atoms with Crippen LogP contribution in [0, 0.1) is 0 Å². The van der Waals surface area contributed by atoms with E-state index in [2.05, 4.69) is 0 Å². The van der Waals surface area contributed by atoms with Crippen molar-refractivity contribution in [1.29, 1.82) is 0 Å². The van der Waals surface area contributed by atoms with Crippen molar-refractivity contribution < 1.29 is 20.4 Å². The quantitative estimate of drug-likeness (QED) is 0.389. The highest BCUT2D eigenvalue weighted by molar-refractivity contribution is 7.58. The Bertz CT molecular complexity index is 132. The molecule has 0 radical (unpaired) electrons. The van der Waals surface area contributed by atoms with E-state index in [9.17, 15) is 0 Å². The van der Waals surface area contributed by atoms with E-state index in [1.54, 1.807) is 0 Å². The molecule has 0 atom stereocenters. The third kappa shape index (κ3) is 10.3. The Morgan fingerprint density at radius 1 is 0.471 bits per heavy atom. The molecule has 0 aliphatic rings. The largest absolute Gasteiger partial charge is 0.396 e. The van der Waals surface area contributed by atoms with Crippen molar-refractivity contribution in [2.75, 3.05) is 63.4 Å². The van der Waals surface area contributed by atoms with Gasteiger partial charge in [-0.3, -0.25) is 0 Å². The summed E-state index contributed by atoms with van der Waals surface area (Å²) in [7, 11) is -0.449. The lowest BCUT2D eigenvalue weighted by atomic mass is 10.6. The molecule has 0 fully saturated rings. The Balaban J connectivity index is 3.73. The molecule has 0 amide bonds. The van der Waals surface area contributed by atoms with Crippen LogP contribution in [-0.4, -0.2) is 83.8 Å². The van der Waals surface area contributed by atoms with E-state index < -0.39 is 0 Å². The predicted molar refractivity (Wildman–Crippen MR) is 76.0 cm³/mol. The van der Waals surface area contributed by atoms with Crippen molar-refractivity contribution in [3.05, 3.63) is 0 Å². The van der Waals surface area contributed by atoms with Gasteiger partial charge in [0.15, 0.2) is 0 Å². The SMILES string of the molecule is OCCP(CCO)CCCP(CCO)CCO. The number of aliphatic hydroxyl groups excluding tert-OH is 4.